The fourth-order valence-corrected chi connectivity index (χ4v) is 4.87. The highest BCUT2D eigenvalue weighted by molar-refractivity contribution is 7.56. The van der Waals surface area contributed by atoms with Crippen LogP contribution in [0.1, 0.15) is 5.56 Å². The summed E-state index contributed by atoms with van der Waals surface area (Å²) < 4.78 is 0. The van der Waals surface area contributed by atoms with E-state index in [0.29, 0.717) is 0 Å². The highest BCUT2D eigenvalue weighted by Crippen LogP contribution is 2.15. The average Bonchev–Trinajstić information content (AvgIpc) is 2.41. The Labute approximate surface area is 118 Å². The Morgan fingerprint density at radius 1 is 0.889 bits per heavy atom. The predicted octanol–water partition coefficient (Wildman–Crippen LogP) is 3.45. The van der Waals surface area contributed by atoms with E-state index in [1.807, 2.05) is 48.5 Å². The van der Waals surface area contributed by atoms with Crippen LogP contribution in [-0.2, 0) is 6.42 Å². The van der Waals surface area contributed by atoms with E-state index in [1.54, 1.807) is 0 Å². The van der Waals surface area contributed by atoms with Crippen LogP contribution >= 0.6 is 22.2 Å². The molecule has 2 rings (SSSR count). The van der Waals surface area contributed by atoms with Gasteiger partial charge in [0.05, 0.1) is 0 Å². The fourth-order valence-electron chi connectivity index (χ4n) is 1.83. The molecule has 0 amide bonds. The summed E-state index contributed by atoms with van der Waals surface area (Å²) in [7, 11) is 0. The molecule has 0 N–H and O–H groups in total. The maximum atomic E-state index is 6.60. The number of halogens is 2. The lowest BCUT2D eigenvalue weighted by Gasteiger charge is -2.17. The zero-order valence-electron chi connectivity index (χ0n) is 9.94. The van der Waals surface area contributed by atoms with E-state index in [2.05, 4.69) is 18.7 Å². The van der Waals surface area contributed by atoms with E-state index in [-0.39, 0.29) is 0 Å². The molecular formula is C15H14Cl2Si. The molecule has 0 aromatic heterocycles. The number of allylic oxidation sites excluding steroid dienone is 1. The van der Waals surface area contributed by atoms with Crippen LogP contribution in [0.25, 0.3) is 0 Å². The molecule has 0 fully saturated rings. The van der Waals surface area contributed by atoms with E-state index < -0.39 is 6.69 Å². The minimum absolute atomic E-state index is 0.866. The highest BCUT2D eigenvalue weighted by Gasteiger charge is 2.33. The topological polar surface area (TPSA) is 0 Å². The second-order valence-corrected chi connectivity index (χ2v) is 10.4. The van der Waals surface area contributed by atoms with Crippen molar-refractivity contribution < 1.29 is 0 Å². The summed E-state index contributed by atoms with van der Waals surface area (Å²) in [5.74, 6) is 0. The first-order valence-electron chi connectivity index (χ1n) is 5.78. The van der Waals surface area contributed by atoms with Gasteiger partial charge in [-0.15, -0.1) is 28.7 Å². The van der Waals surface area contributed by atoms with Crippen LogP contribution in [0.3, 0.4) is 0 Å². The molecule has 3 heteroatoms. The van der Waals surface area contributed by atoms with Crippen molar-refractivity contribution in [1.29, 1.82) is 0 Å². The molecule has 0 nitrogen and oxygen atoms in total. The zero-order valence-corrected chi connectivity index (χ0v) is 12.5. The molecule has 0 aliphatic carbocycles. The Balaban J connectivity index is 2.32. The van der Waals surface area contributed by atoms with Gasteiger partial charge in [0.2, 0.25) is 0 Å². The smallest absolute Gasteiger partial charge is 0.134 e. The second-order valence-electron chi connectivity index (χ2n) is 4.13. The van der Waals surface area contributed by atoms with Crippen LogP contribution in [-0.4, -0.2) is 6.69 Å². The van der Waals surface area contributed by atoms with Gasteiger partial charge >= 0.3 is 6.69 Å². The van der Waals surface area contributed by atoms with Crippen molar-refractivity contribution in [2.24, 2.45) is 0 Å². The highest BCUT2D eigenvalue weighted by atomic mass is 35.7. The zero-order chi connectivity index (χ0) is 13.0. The van der Waals surface area contributed by atoms with Gasteiger partial charge in [0.1, 0.15) is 0 Å². The van der Waals surface area contributed by atoms with Gasteiger partial charge < -0.3 is 0 Å². The molecule has 0 aliphatic heterocycles. The SMILES string of the molecule is C=CCc1ccc([Si](Cl)(Cl)c2ccccc2)cc1. The summed E-state index contributed by atoms with van der Waals surface area (Å²) in [6.45, 7) is 1.15. The van der Waals surface area contributed by atoms with Crippen LogP contribution in [0.2, 0.25) is 0 Å². The van der Waals surface area contributed by atoms with Crippen LogP contribution in [0.15, 0.2) is 67.3 Å². The van der Waals surface area contributed by atoms with Crippen molar-refractivity contribution in [2.45, 2.75) is 6.42 Å². The minimum Gasteiger partial charge on any atom is -0.134 e. The summed E-state index contributed by atoms with van der Waals surface area (Å²) in [6, 6.07) is 18.1. The molecule has 0 unspecified atom stereocenters. The molecule has 0 radical (unpaired) electrons. The largest absolute Gasteiger partial charge is 0.310 e. The quantitative estimate of drug-likeness (QED) is 0.460. The van der Waals surface area contributed by atoms with E-state index in [0.717, 1.165) is 16.8 Å². The Bertz CT molecular complexity index is 518. The third-order valence-corrected chi connectivity index (χ3v) is 7.57. The lowest BCUT2D eigenvalue weighted by molar-refractivity contribution is 1.28. The first kappa shape index (κ1) is 13.4. The van der Waals surface area contributed by atoms with Gasteiger partial charge in [0.25, 0.3) is 0 Å². The fraction of sp³-hybridized carbons (Fsp3) is 0.0667. The first-order chi connectivity index (χ1) is 8.64. The minimum atomic E-state index is -2.58. The maximum absolute atomic E-state index is 6.60. The summed E-state index contributed by atoms with van der Waals surface area (Å²) in [4.78, 5) is 0. The number of benzene rings is 2. The second kappa shape index (κ2) is 5.74. The van der Waals surface area contributed by atoms with E-state index in [9.17, 15) is 0 Å². The molecule has 2 aromatic carbocycles. The first-order valence-corrected chi connectivity index (χ1v) is 9.80. The lowest BCUT2D eigenvalue weighted by Crippen LogP contribution is -2.48. The van der Waals surface area contributed by atoms with Crippen molar-refractivity contribution in [2.75, 3.05) is 0 Å². The van der Waals surface area contributed by atoms with Crippen molar-refractivity contribution in [3.05, 3.63) is 72.8 Å². The molecule has 0 bridgehead atoms. The summed E-state index contributed by atoms with van der Waals surface area (Å²) in [5, 5.41) is 2.04. The Hall–Kier alpha value is -1.02. The lowest BCUT2D eigenvalue weighted by atomic mass is 10.2. The summed E-state index contributed by atoms with van der Waals surface area (Å²) in [5.41, 5.74) is 1.22. The molecular weight excluding hydrogens is 279 g/mol. The molecule has 0 spiro atoms. The standard InChI is InChI=1S/C15H14Cl2Si/c1-2-6-13-9-11-15(12-10-13)18(16,17)14-7-4-3-5-8-14/h2-5,7-12H,1,6H2. The maximum Gasteiger partial charge on any atom is 0.310 e. The van der Waals surface area contributed by atoms with Crippen molar-refractivity contribution in [1.82, 2.24) is 0 Å². The van der Waals surface area contributed by atoms with Crippen molar-refractivity contribution >= 4 is 39.2 Å². The van der Waals surface area contributed by atoms with E-state index in [1.165, 1.54) is 5.56 Å². The van der Waals surface area contributed by atoms with Crippen LogP contribution in [0.4, 0.5) is 0 Å². The molecule has 0 saturated carbocycles. The third kappa shape index (κ3) is 2.86. The van der Waals surface area contributed by atoms with Crippen molar-refractivity contribution in [3.63, 3.8) is 0 Å². The molecule has 0 aliphatic rings. The Kier molecular flexibility index (Phi) is 4.28. The number of hydrogen-bond donors (Lipinski definition) is 0. The van der Waals surface area contributed by atoms with Gasteiger partial charge in [-0.25, -0.2) is 0 Å². The van der Waals surface area contributed by atoms with Crippen LogP contribution in [0.5, 0.6) is 0 Å². The van der Waals surface area contributed by atoms with Gasteiger partial charge in [0.15, 0.2) is 0 Å². The molecule has 0 atom stereocenters. The van der Waals surface area contributed by atoms with Gasteiger partial charge in [-0.1, -0.05) is 60.7 Å². The average molecular weight is 293 g/mol. The third-order valence-electron chi connectivity index (χ3n) is 2.83. The summed E-state index contributed by atoms with van der Waals surface area (Å²) in [6.07, 6.45) is 2.75. The van der Waals surface area contributed by atoms with E-state index in [4.69, 9.17) is 22.2 Å². The predicted molar refractivity (Wildman–Crippen MR) is 83.5 cm³/mol. The Morgan fingerprint density at radius 3 is 2.00 bits per heavy atom. The Morgan fingerprint density at radius 2 is 1.44 bits per heavy atom. The number of hydrogen-bond acceptors (Lipinski definition) is 0. The monoisotopic (exact) mass is 292 g/mol. The van der Waals surface area contributed by atoms with Crippen molar-refractivity contribution in [3.8, 4) is 0 Å². The van der Waals surface area contributed by atoms with E-state index >= 15 is 0 Å². The normalized spacial score (nSPS) is 11.2. The van der Waals surface area contributed by atoms with Gasteiger partial charge in [-0.2, -0.15) is 0 Å². The molecule has 18 heavy (non-hydrogen) atoms. The van der Waals surface area contributed by atoms with Gasteiger partial charge in [0, 0.05) is 0 Å². The van der Waals surface area contributed by atoms with Gasteiger partial charge in [-0.05, 0) is 22.4 Å². The summed E-state index contributed by atoms with van der Waals surface area (Å²) >= 11 is 13.2. The molecule has 0 heterocycles. The van der Waals surface area contributed by atoms with Gasteiger partial charge in [-0.3, -0.25) is 0 Å². The molecule has 0 saturated heterocycles. The molecule has 2 aromatic rings. The van der Waals surface area contributed by atoms with Crippen LogP contribution < -0.4 is 10.4 Å². The van der Waals surface area contributed by atoms with Crippen LogP contribution in [0, 0.1) is 0 Å². The number of rotatable bonds is 4. The molecule has 92 valence electrons.